The van der Waals surface area contributed by atoms with Crippen molar-refractivity contribution in [3.8, 4) is 5.75 Å². The molecule has 2 aromatic rings. The van der Waals surface area contributed by atoms with Gasteiger partial charge < -0.3 is 15.0 Å². The molecule has 1 N–H and O–H groups in total. The Hall–Kier alpha value is -1.92. The molecule has 1 aliphatic rings. The summed E-state index contributed by atoms with van der Waals surface area (Å²) in [4.78, 5) is 18.8. The molecule has 0 radical (unpaired) electrons. The fourth-order valence-corrected chi connectivity index (χ4v) is 4.02. The third kappa shape index (κ3) is 5.53. The van der Waals surface area contributed by atoms with Crippen LogP contribution in [0.5, 0.6) is 5.75 Å². The van der Waals surface area contributed by atoms with Gasteiger partial charge in [-0.1, -0.05) is 39.0 Å². The Morgan fingerprint density at radius 2 is 1.96 bits per heavy atom. The number of carbonyl (C=O) groups excluding carboxylic acids is 1. The predicted molar refractivity (Wildman–Crippen MR) is 109 cm³/mol. The van der Waals surface area contributed by atoms with Gasteiger partial charge in [0.05, 0.1) is 5.69 Å². The van der Waals surface area contributed by atoms with Crippen molar-refractivity contribution in [1.29, 1.82) is 0 Å². The summed E-state index contributed by atoms with van der Waals surface area (Å²) in [5.41, 5.74) is 2.27. The fourth-order valence-electron chi connectivity index (χ4n) is 3.03. The maximum atomic E-state index is 12.2. The van der Waals surface area contributed by atoms with Crippen molar-refractivity contribution in [1.82, 2.24) is 15.2 Å². The van der Waals surface area contributed by atoms with E-state index in [0.717, 1.165) is 54.5 Å². The largest absolute Gasteiger partial charge is 0.483 e. The Morgan fingerprint density at radius 1 is 1.22 bits per heavy atom. The molecule has 0 aliphatic carbocycles. The SMILES string of the molecule is CC(C)(C)c1csc(CNCc2ccccc2OCC(=O)N2CCCC2)n1. The molecule has 1 aliphatic heterocycles. The zero-order valence-corrected chi connectivity index (χ0v) is 17.3. The summed E-state index contributed by atoms with van der Waals surface area (Å²) in [6.45, 7) is 9.76. The summed E-state index contributed by atoms with van der Waals surface area (Å²) in [6, 6.07) is 7.89. The molecule has 0 atom stereocenters. The van der Waals surface area contributed by atoms with Gasteiger partial charge in [-0.3, -0.25) is 4.79 Å². The van der Waals surface area contributed by atoms with E-state index < -0.39 is 0 Å². The van der Waals surface area contributed by atoms with Crippen LogP contribution in [0.15, 0.2) is 29.6 Å². The second-order valence-corrected chi connectivity index (χ2v) is 8.91. The lowest BCUT2D eigenvalue weighted by Crippen LogP contribution is -2.32. The molecule has 6 heteroatoms. The molecular weight excluding hydrogens is 358 g/mol. The average Bonchev–Trinajstić information content (AvgIpc) is 3.32. The van der Waals surface area contributed by atoms with Gasteiger partial charge in [0.2, 0.25) is 0 Å². The number of benzene rings is 1. The standard InChI is InChI=1S/C21H29N3O2S/c1-21(2,3)18-15-27-19(23-18)13-22-12-16-8-4-5-9-17(16)26-14-20(25)24-10-6-7-11-24/h4-5,8-9,15,22H,6-7,10-14H2,1-3H3. The van der Waals surface area contributed by atoms with Crippen LogP contribution in [0.25, 0.3) is 0 Å². The monoisotopic (exact) mass is 387 g/mol. The highest BCUT2D eigenvalue weighted by molar-refractivity contribution is 7.09. The average molecular weight is 388 g/mol. The van der Waals surface area contributed by atoms with Crippen molar-refractivity contribution < 1.29 is 9.53 Å². The van der Waals surface area contributed by atoms with Crippen LogP contribution in [0.2, 0.25) is 0 Å². The van der Waals surface area contributed by atoms with Gasteiger partial charge in [0.25, 0.3) is 5.91 Å². The Labute approximate surface area is 165 Å². The molecule has 1 aromatic carbocycles. The number of thiazole rings is 1. The minimum atomic E-state index is 0.0766. The third-order valence-corrected chi connectivity index (χ3v) is 5.54. The van der Waals surface area contributed by atoms with E-state index in [1.165, 1.54) is 0 Å². The number of nitrogens with one attached hydrogen (secondary N) is 1. The highest BCUT2D eigenvalue weighted by Crippen LogP contribution is 2.24. The van der Waals surface area contributed by atoms with E-state index in [1.54, 1.807) is 11.3 Å². The van der Waals surface area contributed by atoms with Crippen molar-refractivity contribution in [3.63, 3.8) is 0 Å². The van der Waals surface area contributed by atoms with Gasteiger partial charge in [0, 0.05) is 42.5 Å². The van der Waals surface area contributed by atoms with E-state index in [9.17, 15) is 4.79 Å². The highest BCUT2D eigenvalue weighted by Gasteiger charge is 2.19. The number of hydrogen-bond acceptors (Lipinski definition) is 5. The molecule has 0 bridgehead atoms. The maximum Gasteiger partial charge on any atom is 0.260 e. The van der Waals surface area contributed by atoms with Gasteiger partial charge in [0.1, 0.15) is 10.8 Å². The second-order valence-electron chi connectivity index (χ2n) is 7.96. The number of ether oxygens (including phenoxy) is 1. The zero-order chi connectivity index (χ0) is 19.3. The van der Waals surface area contributed by atoms with Crippen molar-refractivity contribution >= 4 is 17.2 Å². The molecule has 1 aromatic heterocycles. The number of hydrogen-bond donors (Lipinski definition) is 1. The van der Waals surface area contributed by atoms with Crippen molar-refractivity contribution in [2.75, 3.05) is 19.7 Å². The van der Waals surface area contributed by atoms with Gasteiger partial charge in [-0.25, -0.2) is 4.98 Å². The molecule has 3 rings (SSSR count). The number of carbonyl (C=O) groups is 1. The molecule has 146 valence electrons. The fraction of sp³-hybridized carbons (Fsp3) is 0.524. The Kier molecular flexibility index (Phi) is 6.50. The van der Waals surface area contributed by atoms with E-state index >= 15 is 0 Å². The molecular formula is C21H29N3O2S. The normalized spacial score (nSPS) is 14.6. The molecule has 0 saturated carbocycles. The van der Waals surface area contributed by atoms with Gasteiger partial charge in [-0.2, -0.15) is 0 Å². The smallest absolute Gasteiger partial charge is 0.260 e. The van der Waals surface area contributed by atoms with E-state index in [-0.39, 0.29) is 17.9 Å². The van der Waals surface area contributed by atoms with Crippen molar-refractivity contribution in [2.45, 2.75) is 52.1 Å². The topological polar surface area (TPSA) is 54.5 Å². The van der Waals surface area contributed by atoms with E-state index in [4.69, 9.17) is 9.72 Å². The minimum absolute atomic E-state index is 0.0766. The lowest BCUT2D eigenvalue weighted by Gasteiger charge is -2.17. The first-order valence-corrected chi connectivity index (χ1v) is 10.5. The number of likely N-dealkylation sites (tertiary alicyclic amines) is 1. The summed E-state index contributed by atoms with van der Waals surface area (Å²) >= 11 is 1.69. The van der Waals surface area contributed by atoms with Crippen LogP contribution in [-0.4, -0.2) is 35.5 Å². The highest BCUT2D eigenvalue weighted by atomic mass is 32.1. The lowest BCUT2D eigenvalue weighted by atomic mass is 9.93. The third-order valence-electron chi connectivity index (χ3n) is 4.69. The van der Waals surface area contributed by atoms with Gasteiger partial charge in [-0.15, -0.1) is 11.3 Å². The van der Waals surface area contributed by atoms with Crippen LogP contribution < -0.4 is 10.1 Å². The van der Waals surface area contributed by atoms with Crippen LogP contribution in [0.4, 0.5) is 0 Å². The van der Waals surface area contributed by atoms with Gasteiger partial charge >= 0.3 is 0 Å². The van der Waals surface area contributed by atoms with Crippen LogP contribution >= 0.6 is 11.3 Å². The number of amides is 1. The lowest BCUT2D eigenvalue weighted by molar-refractivity contribution is -0.132. The van der Waals surface area contributed by atoms with Crippen LogP contribution in [-0.2, 0) is 23.3 Å². The molecule has 0 spiro atoms. The van der Waals surface area contributed by atoms with Gasteiger partial charge in [0.15, 0.2) is 6.61 Å². The first-order chi connectivity index (χ1) is 12.9. The van der Waals surface area contributed by atoms with Crippen LogP contribution in [0, 0.1) is 0 Å². The molecule has 27 heavy (non-hydrogen) atoms. The molecule has 5 nitrogen and oxygen atoms in total. The van der Waals surface area contributed by atoms with Crippen LogP contribution in [0.1, 0.15) is 49.9 Å². The summed E-state index contributed by atoms with van der Waals surface area (Å²) in [6.07, 6.45) is 2.19. The van der Waals surface area contributed by atoms with Gasteiger partial charge in [-0.05, 0) is 18.9 Å². The summed E-state index contributed by atoms with van der Waals surface area (Å²) in [5, 5.41) is 6.66. The maximum absolute atomic E-state index is 12.2. The Balaban J connectivity index is 1.51. The van der Waals surface area contributed by atoms with Crippen molar-refractivity contribution in [2.24, 2.45) is 0 Å². The zero-order valence-electron chi connectivity index (χ0n) is 16.5. The number of rotatable bonds is 7. The molecule has 2 heterocycles. The number of para-hydroxylation sites is 1. The number of nitrogens with zero attached hydrogens (tertiary/aromatic N) is 2. The minimum Gasteiger partial charge on any atom is -0.483 e. The molecule has 1 fully saturated rings. The van der Waals surface area contributed by atoms with E-state index in [1.807, 2.05) is 29.2 Å². The van der Waals surface area contributed by atoms with E-state index in [0.29, 0.717) is 6.54 Å². The summed E-state index contributed by atoms with van der Waals surface area (Å²) in [5.74, 6) is 0.847. The Morgan fingerprint density at radius 3 is 2.67 bits per heavy atom. The molecule has 1 saturated heterocycles. The summed E-state index contributed by atoms with van der Waals surface area (Å²) in [7, 11) is 0. The number of aromatic nitrogens is 1. The van der Waals surface area contributed by atoms with Crippen molar-refractivity contribution in [3.05, 3.63) is 45.9 Å². The first kappa shape index (κ1) is 19.8. The predicted octanol–water partition coefficient (Wildman–Crippen LogP) is 3.73. The van der Waals surface area contributed by atoms with Crippen LogP contribution in [0.3, 0.4) is 0 Å². The van der Waals surface area contributed by atoms with E-state index in [2.05, 4.69) is 31.5 Å². The summed E-state index contributed by atoms with van der Waals surface area (Å²) < 4.78 is 5.82. The molecule has 0 unspecified atom stereocenters. The molecule has 1 amide bonds. The second kappa shape index (κ2) is 8.85. The first-order valence-electron chi connectivity index (χ1n) is 9.57. The quantitative estimate of drug-likeness (QED) is 0.786. The Bertz CT molecular complexity index is 761.